The fraction of sp³-hybridized carbons (Fsp3) is 0.571. The first-order chi connectivity index (χ1) is 13.6. The van der Waals surface area contributed by atoms with E-state index in [1.54, 1.807) is 0 Å². The summed E-state index contributed by atoms with van der Waals surface area (Å²) in [6.07, 6.45) is 1.86. The van der Waals surface area contributed by atoms with Gasteiger partial charge in [0.1, 0.15) is 5.82 Å². The second-order valence-electron chi connectivity index (χ2n) is 7.57. The summed E-state index contributed by atoms with van der Waals surface area (Å²) in [5.74, 6) is 2.51. The summed E-state index contributed by atoms with van der Waals surface area (Å²) < 4.78 is 2.09. The number of nitrogens with zero attached hydrogens (tertiary/aromatic N) is 6. The number of aryl methyl sites for hydroxylation is 2. The molecular weight excluding hydrogens is 477 g/mol. The van der Waals surface area contributed by atoms with Gasteiger partial charge in [0.05, 0.1) is 5.69 Å². The van der Waals surface area contributed by atoms with Gasteiger partial charge in [0.2, 0.25) is 0 Å². The molecule has 0 aromatic carbocycles. The van der Waals surface area contributed by atoms with E-state index in [1.165, 1.54) is 5.69 Å². The lowest BCUT2D eigenvalue weighted by molar-refractivity contribution is 0.368. The lowest BCUT2D eigenvalue weighted by atomic mass is 10.2. The zero-order valence-corrected chi connectivity index (χ0v) is 20.3. The molecule has 1 aliphatic rings. The van der Waals surface area contributed by atoms with Crippen LogP contribution in [0.15, 0.2) is 35.5 Å². The molecule has 1 fully saturated rings. The van der Waals surface area contributed by atoms with Gasteiger partial charge in [-0.3, -0.25) is 9.67 Å². The quantitative estimate of drug-likeness (QED) is 0.367. The first kappa shape index (κ1) is 23.4. The lowest BCUT2D eigenvalue weighted by Crippen LogP contribution is -2.52. The Kier molecular flexibility index (Phi) is 9.19. The van der Waals surface area contributed by atoms with Crippen molar-refractivity contribution >= 4 is 35.8 Å². The third-order valence-corrected chi connectivity index (χ3v) is 5.03. The highest BCUT2D eigenvalue weighted by molar-refractivity contribution is 14.0. The van der Waals surface area contributed by atoms with E-state index in [2.05, 4.69) is 62.8 Å². The van der Waals surface area contributed by atoms with E-state index in [0.717, 1.165) is 63.3 Å². The SMILES string of the molecule is CCNC(=NCC(C)Cn1nc(C)cc1C)N1CCN(c2ccccn2)CC1.I. The molecule has 0 saturated carbocycles. The topological polar surface area (TPSA) is 61.6 Å². The standard InChI is InChI=1S/C21H33N7.HI/c1-5-22-21(24-15-17(2)16-28-19(4)14-18(3)25-28)27-12-10-26(11-13-27)20-8-6-7-9-23-20;/h6-9,14,17H,5,10-13,15-16H2,1-4H3,(H,22,24);1H. The van der Waals surface area contributed by atoms with Crippen LogP contribution in [-0.4, -0.2) is 64.9 Å². The summed E-state index contributed by atoms with van der Waals surface area (Å²) in [4.78, 5) is 14.1. The minimum absolute atomic E-state index is 0. The van der Waals surface area contributed by atoms with E-state index in [1.807, 2.05) is 25.3 Å². The smallest absolute Gasteiger partial charge is 0.194 e. The molecule has 0 radical (unpaired) electrons. The molecule has 1 aliphatic heterocycles. The van der Waals surface area contributed by atoms with Crippen LogP contribution in [0.4, 0.5) is 5.82 Å². The molecule has 2 aromatic heterocycles. The molecule has 7 nitrogen and oxygen atoms in total. The van der Waals surface area contributed by atoms with Gasteiger partial charge in [0.15, 0.2) is 5.96 Å². The van der Waals surface area contributed by atoms with Crippen molar-refractivity contribution in [2.24, 2.45) is 10.9 Å². The van der Waals surface area contributed by atoms with Gasteiger partial charge in [-0.05, 0) is 44.9 Å². The molecule has 0 aliphatic carbocycles. The molecule has 1 N–H and O–H groups in total. The largest absolute Gasteiger partial charge is 0.357 e. The summed E-state index contributed by atoms with van der Waals surface area (Å²) in [5.41, 5.74) is 2.29. The first-order valence-electron chi connectivity index (χ1n) is 10.3. The fourth-order valence-electron chi connectivity index (χ4n) is 3.57. The summed E-state index contributed by atoms with van der Waals surface area (Å²) in [6, 6.07) is 8.21. The third-order valence-electron chi connectivity index (χ3n) is 5.03. The number of nitrogens with one attached hydrogen (secondary N) is 1. The van der Waals surface area contributed by atoms with Crippen LogP contribution < -0.4 is 10.2 Å². The monoisotopic (exact) mass is 511 g/mol. The number of aromatic nitrogens is 3. The summed E-state index contributed by atoms with van der Waals surface area (Å²) in [7, 11) is 0. The Hall–Kier alpha value is -1.84. The van der Waals surface area contributed by atoms with Crippen molar-refractivity contribution in [3.63, 3.8) is 0 Å². The van der Waals surface area contributed by atoms with E-state index in [0.29, 0.717) is 5.92 Å². The van der Waals surface area contributed by atoms with E-state index in [4.69, 9.17) is 4.99 Å². The van der Waals surface area contributed by atoms with Crippen molar-refractivity contribution in [2.75, 3.05) is 44.2 Å². The predicted octanol–water partition coefficient (Wildman–Crippen LogP) is 2.94. The van der Waals surface area contributed by atoms with Crippen LogP contribution in [0.2, 0.25) is 0 Å². The van der Waals surface area contributed by atoms with Gasteiger partial charge in [-0.2, -0.15) is 5.10 Å². The maximum absolute atomic E-state index is 4.92. The Morgan fingerprint density at radius 3 is 2.55 bits per heavy atom. The van der Waals surface area contributed by atoms with Crippen LogP contribution in [0, 0.1) is 19.8 Å². The molecule has 8 heteroatoms. The number of anilines is 1. The average Bonchev–Trinajstić information content (AvgIpc) is 3.02. The summed E-state index contributed by atoms with van der Waals surface area (Å²) in [6.45, 7) is 14.9. The van der Waals surface area contributed by atoms with Crippen LogP contribution in [0.3, 0.4) is 0 Å². The third kappa shape index (κ3) is 6.58. The predicted molar refractivity (Wildman–Crippen MR) is 130 cm³/mol. The zero-order valence-electron chi connectivity index (χ0n) is 18.0. The van der Waals surface area contributed by atoms with Gasteiger partial charge in [-0.25, -0.2) is 4.98 Å². The number of hydrogen-bond acceptors (Lipinski definition) is 4. The molecular formula is C21H34IN7. The maximum Gasteiger partial charge on any atom is 0.194 e. The molecule has 160 valence electrons. The van der Waals surface area contributed by atoms with Crippen LogP contribution in [-0.2, 0) is 6.54 Å². The van der Waals surface area contributed by atoms with Crippen LogP contribution >= 0.6 is 24.0 Å². The van der Waals surface area contributed by atoms with Crippen molar-refractivity contribution < 1.29 is 0 Å². The highest BCUT2D eigenvalue weighted by Gasteiger charge is 2.20. The Morgan fingerprint density at radius 1 is 1.21 bits per heavy atom. The van der Waals surface area contributed by atoms with Gasteiger partial charge < -0.3 is 15.1 Å². The second kappa shape index (κ2) is 11.4. The van der Waals surface area contributed by atoms with Gasteiger partial charge in [-0.1, -0.05) is 13.0 Å². The van der Waals surface area contributed by atoms with E-state index in [9.17, 15) is 0 Å². The van der Waals surface area contributed by atoms with Crippen LogP contribution in [0.5, 0.6) is 0 Å². The molecule has 0 bridgehead atoms. The van der Waals surface area contributed by atoms with Gasteiger partial charge in [0, 0.05) is 57.7 Å². The van der Waals surface area contributed by atoms with E-state index >= 15 is 0 Å². The van der Waals surface area contributed by atoms with Gasteiger partial charge in [0.25, 0.3) is 0 Å². The number of pyridine rings is 1. The second-order valence-corrected chi connectivity index (χ2v) is 7.57. The van der Waals surface area contributed by atoms with Crippen molar-refractivity contribution in [3.8, 4) is 0 Å². The molecule has 1 atom stereocenters. The first-order valence-corrected chi connectivity index (χ1v) is 10.3. The Morgan fingerprint density at radius 2 is 1.97 bits per heavy atom. The molecule has 1 saturated heterocycles. The Bertz CT molecular complexity index is 767. The maximum atomic E-state index is 4.92. The zero-order chi connectivity index (χ0) is 19.9. The van der Waals surface area contributed by atoms with Crippen molar-refractivity contribution in [1.29, 1.82) is 0 Å². The lowest BCUT2D eigenvalue weighted by Gasteiger charge is -2.37. The molecule has 0 amide bonds. The van der Waals surface area contributed by atoms with Crippen molar-refractivity contribution in [2.45, 2.75) is 34.2 Å². The summed E-state index contributed by atoms with van der Waals surface area (Å²) in [5, 5.41) is 8.03. The molecule has 0 spiro atoms. The normalized spacial score (nSPS) is 15.8. The number of guanidine groups is 1. The van der Waals surface area contributed by atoms with Crippen molar-refractivity contribution in [3.05, 3.63) is 41.9 Å². The number of aliphatic imine (C=N–C) groups is 1. The minimum atomic E-state index is 0. The highest BCUT2D eigenvalue weighted by Crippen LogP contribution is 2.13. The number of halogens is 1. The van der Waals surface area contributed by atoms with E-state index in [-0.39, 0.29) is 24.0 Å². The molecule has 1 unspecified atom stereocenters. The summed E-state index contributed by atoms with van der Waals surface area (Å²) >= 11 is 0. The van der Waals surface area contributed by atoms with Crippen LogP contribution in [0.25, 0.3) is 0 Å². The van der Waals surface area contributed by atoms with Gasteiger partial charge in [-0.15, -0.1) is 24.0 Å². The number of rotatable bonds is 6. The Labute approximate surface area is 191 Å². The van der Waals surface area contributed by atoms with Crippen molar-refractivity contribution in [1.82, 2.24) is 25.0 Å². The number of piperazine rings is 1. The molecule has 3 heterocycles. The molecule has 3 rings (SSSR count). The highest BCUT2D eigenvalue weighted by atomic mass is 127. The van der Waals surface area contributed by atoms with Gasteiger partial charge >= 0.3 is 0 Å². The average molecular weight is 511 g/mol. The minimum Gasteiger partial charge on any atom is -0.357 e. The van der Waals surface area contributed by atoms with Crippen LogP contribution in [0.1, 0.15) is 25.2 Å². The molecule has 29 heavy (non-hydrogen) atoms. The Balaban J connectivity index is 0.00000300. The fourth-order valence-corrected chi connectivity index (χ4v) is 3.57. The molecule has 2 aromatic rings. The number of hydrogen-bond donors (Lipinski definition) is 1. The van der Waals surface area contributed by atoms with E-state index < -0.39 is 0 Å².